The van der Waals surface area contributed by atoms with Gasteiger partial charge in [-0.3, -0.25) is 4.79 Å². The number of aliphatic hydroxyl groups is 1. The summed E-state index contributed by atoms with van der Waals surface area (Å²) in [5.41, 5.74) is 6.80. The summed E-state index contributed by atoms with van der Waals surface area (Å²) in [5.74, 6) is 0.478. The first kappa shape index (κ1) is 18.9. The van der Waals surface area contributed by atoms with Crippen LogP contribution in [0.4, 0.5) is 0 Å². The number of amides is 1. The van der Waals surface area contributed by atoms with Crippen LogP contribution in [0.15, 0.2) is 30.3 Å². The lowest BCUT2D eigenvalue weighted by atomic mass is 9.96. The van der Waals surface area contributed by atoms with Gasteiger partial charge in [0.05, 0.1) is 12.1 Å². The number of rotatable bonds is 8. The molecule has 0 aromatic heterocycles. The predicted octanol–water partition coefficient (Wildman–Crippen LogP) is 1.68. The van der Waals surface area contributed by atoms with E-state index in [1.807, 2.05) is 37.3 Å². The Kier molecular flexibility index (Phi) is 7.69. The molecule has 1 aromatic rings. The lowest BCUT2D eigenvalue weighted by Crippen LogP contribution is -2.44. The van der Waals surface area contributed by atoms with Gasteiger partial charge in [-0.25, -0.2) is 0 Å². The highest BCUT2D eigenvalue weighted by molar-refractivity contribution is 5.81. The van der Waals surface area contributed by atoms with Crippen molar-refractivity contribution in [3.8, 4) is 0 Å². The van der Waals surface area contributed by atoms with Crippen LogP contribution in [0.3, 0.4) is 0 Å². The fourth-order valence-electron chi connectivity index (χ4n) is 3.22. The molecule has 0 bridgehead atoms. The third-order valence-electron chi connectivity index (χ3n) is 4.82. The first-order valence-corrected chi connectivity index (χ1v) is 9.08. The van der Waals surface area contributed by atoms with Crippen molar-refractivity contribution in [2.24, 2.45) is 11.7 Å². The first-order valence-electron chi connectivity index (χ1n) is 9.08. The fraction of sp³-hybridized carbons (Fsp3) is 0.632. The average Bonchev–Trinajstić information content (AvgIpc) is 2.61. The van der Waals surface area contributed by atoms with E-state index in [2.05, 4.69) is 10.2 Å². The summed E-state index contributed by atoms with van der Waals surface area (Å²) in [7, 11) is 0. The zero-order valence-electron chi connectivity index (χ0n) is 14.7. The van der Waals surface area contributed by atoms with Crippen LogP contribution in [0.1, 0.15) is 44.3 Å². The monoisotopic (exact) mass is 333 g/mol. The Balaban J connectivity index is 1.67. The molecule has 1 heterocycles. The number of likely N-dealkylation sites (tertiary alicyclic amines) is 1. The number of nitrogens with two attached hydrogens (primary N) is 1. The smallest absolute Gasteiger partial charge is 0.236 e. The van der Waals surface area contributed by atoms with Gasteiger partial charge < -0.3 is 21.1 Å². The van der Waals surface area contributed by atoms with Crippen LogP contribution in [-0.2, 0) is 4.79 Å². The van der Waals surface area contributed by atoms with Gasteiger partial charge in [-0.15, -0.1) is 0 Å². The van der Waals surface area contributed by atoms with Crippen molar-refractivity contribution in [2.45, 2.75) is 44.8 Å². The summed E-state index contributed by atoms with van der Waals surface area (Å²) in [6, 6.07) is 9.42. The number of nitrogens with one attached hydrogen (secondary N) is 1. The Morgan fingerprint density at radius 2 is 2.00 bits per heavy atom. The maximum absolute atomic E-state index is 11.9. The first-order chi connectivity index (χ1) is 11.6. The molecular formula is C19H31N3O2. The van der Waals surface area contributed by atoms with Crippen LogP contribution >= 0.6 is 0 Å². The van der Waals surface area contributed by atoms with Crippen molar-refractivity contribution in [3.63, 3.8) is 0 Å². The molecule has 0 aliphatic carbocycles. The minimum atomic E-state index is -0.436. The lowest BCUT2D eigenvalue weighted by molar-refractivity contribution is -0.122. The summed E-state index contributed by atoms with van der Waals surface area (Å²) < 4.78 is 0. The molecule has 5 nitrogen and oxygen atoms in total. The maximum atomic E-state index is 11.9. The number of β-amino-alcohol motifs (C(OH)–C–C–N with tert-alkyl or cyclic N) is 1. The second kappa shape index (κ2) is 9.77. The van der Waals surface area contributed by atoms with E-state index in [-0.39, 0.29) is 11.9 Å². The van der Waals surface area contributed by atoms with Crippen molar-refractivity contribution < 1.29 is 9.90 Å². The predicted molar refractivity (Wildman–Crippen MR) is 96.5 cm³/mol. The van der Waals surface area contributed by atoms with E-state index in [4.69, 9.17) is 5.73 Å². The minimum absolute atomic E-state index is 0.0289. The zero-order valence-corrected chi connectivity index (χ0v) is 14.7. The summed E-state index contributed by atoms with van der Waals surface area (Å²) in [4.78, 5) is 14.2. The van der Waals surface area contributed by atoms with Crippen LogP contribution in [0.2, 0.25) is 0 Å². The Morgan fingerprint density at radius 1 is 1.33 bits per heavy atom. The Hall–Kier alpha value is -1.43. The van der Waals surface area contributed by atoms with Crippen LogP contribution in [0.5, 0.6) is 0 Å². The summed E-state index contributed by atoms with van der Waals surface area (Å²) in [6.45, 7) is 5.35. The second-order valence-electron chi connectivity index (χ2n) is 6.81. The number of aliphatic hydroxyl groups excluding tert-OH is 1. The summed E-state index contributed by atoms with van der Waals surface area (Å²) >= 11 is 0. The minimum Gasteiger partial charge on any atom is -0.387 e. The third-order valence-corrected chi connectivity index (χ3v) is 4.82. The van der Waals surface area contributed by atoms with E-state index < -0.39 is 6.10 Å². The van der Waals surface area contributed by atoms with Crippen molar-refractivity contribution in [2.75, 3.05) is 26.2 Å². The molecule has 134 valence electrons. The van der Waals surface area contributed by atoms with E-state index in [9.17, 15) is 9.90 Å². The number of piperidine rings is 1. The van der Waals surface area contributed by atoms with Gasteiger partial charge in [0.25, 0.3) is 0 Å². The van der Waals surface area contributed by atoms with Gasteiger partial charge >= 0.3 is 0 Å². The molecule has 2 unspecified atom stereocenters. The fourth-order valence-corrected chi connectivity index (χ4v) is 3.22. The summed E-state index contributed by atoms with van der Waals surface area (Å²) in [5, 5.41) is 13.3. The number of nitrogens with zero attached hydrogens (tertiary/aromatic N) is 1. The van der Waals surface area contributed by atoms with E-state index in [1.165, 1.54) is 0 Å². The Labute approximate surface area is 145 Å². The van der Waals surface area contributed by atoms with Gasteiger partial charge in [0, 0.05) is 13.1 Å². The topological polar surface area (TPSA) is 78.6 Å². The molecule has 1 aromatic carbocycles. The van der Waals surface area contributed by atoms with E-state index >= 15 is 0 Å². The summed E-state index contributed by atoms with van der Waals surface area (Å²) in [6.07, 6.45) is 3.32. The van der Waals surface area contributed by atoms with Crippen LogP contribution in [0.25, 0.3) is 0 Å². The van der Waals surface area contributed by atoms with Crippen molar-refractivity contribution in [1.29, 1.82) is 0 Å². The number of carbonyl (C=O) groups is 1. The van der Waals surface area contributed by atoms with Crippen LogP contribution < -0.4 is 11.1 Å². The molecular weight excluding hydrogens is 302 g/mol. The normalized spacial score (nSPS) is 19.0. The second-order valence-corrected chi connectivity index (χ2v) is 6.81. The molecule has 2 rings (SSSR count). The number of carbonyl (C=O) groups excluding carboxylic acids is 1. The SMILES string of the molecule is CCCC(N)C(=O)NCC1CCN(CC(O)c2ccccc2)CC1. The van der Waals surface area contributed by atoms with Crippen molar-refractivity contribution in [1.82, 2.24) is 10.2 Å². The molecule has 1 aliphatic rings. The van der Waals surface area contributed by atoms with Gasteiger partial charge in [-0.2, -0.15) is 0 Å². The third kappa shape index (κ3) is 5.89. The lowest BCUT2D eigenvalue weighted by Gasteiger charge is -2.33. The van der Waals surface area contributed by atoms with E-state index in [0.29, 0.717) is 19.0 Å². The Morgan fingerprint density at radius 3 is 2.62 bits per heavy atom. The number of hydrogen-bond donors (Lipinski definition) is 3. The van der Waals surface area contributed by atoms with Crippen LogP contribution in [0, 0.1) is 5.92 Å². The highest BCUT2D eigenvalue weighted by atomic mass is 16.3. The molecule has 0 spiro atoms. The van der Waals surface area contributed by atoms with E-state index in [1.54, 1.807) is 0 Å². The number of hydrogen-bond acceptors (Lipinski definition) is 4. The molecule has 0 saturated carbocycles. The molecule has 2 atom stereocenters. The van der Waals surface area contributed by atoms with Gasteiger partial charge in [-0.1, -0.05) is 43.7 Å². The largest absolute Gasteiger partial charge is 0.387 e. The quantitative estimate of drug-likeness (QED) is 0.676. The van der Waals surface area contributed by atoms with Gasteiger partial charge in [0.15, 0.2) is 0 Å². The van der Waals surface area contributed by atoms with Gasteiger partial charge in [0.1, 0.15) is 0 Å². The molecule has 5 heteroatoms. The van der Waals surface area contributed by atoms with Crippen molar-refractivity contribution >= 4 is 5.91 Å². The average molecular weight is 333 g/mol. The standard InChI is InChI=1S/C19H31N3O2/c1-2-6-17(20)19(24)21-13-15-9-11-22(12-10-15)14-18(23)16-7-4-3-5-8-16/h3-5,7-8,15,17-18,23H,2,6,9-14,20H2,1H3,(H,21,24). The molecule has 1 aliphatic heterocycles. The molecule has 1 fully saturated rings. The molecule has 1 saturated heterocycles. The zero-order chi connectivity index (χ0) is 17.4. The van der Waals surface area contributed by atoms with Crippen LogP contribution in [-0.4, -0.2) is 48.1 Å². The highest BCUT2D eigenvalue weighted by Gasteiger charge is 2.22. The maximum Gasteiger partial charge on any atom is 0.236 e. The highest BCUT2D eigenvalue weighted by Crippen LogP contribution is 2.20. The molecule has 4 N–H and O–H groups in total. The number of benzene rings is 1. The molecule has 1 amide bonds. The van der Waals surface area contributed by atoms with Gasteiger partial charge in [-0.05, 0) is 43.8 Å². The van der Waals surface area contributed by atoms with Gasteiger partial charge in [0.2, 0.25) is 5.91 Å². The molecule has 24 heavy (non-hydrogen) atoms. The van der Waals surface area contributed by atoms with E-state index in [0.717, 1.165) is 44.3 Å². The Bertz CT molecular complexity index is 487. The van der Waals surface area contributed by atoms with Crippen molar-refractivity contribution in [3.05, 3.63) is 35.9 Å². The molecule has 0 radical (unpaired) electrons.